The minimum atomic E-state index is -3.88. The molecule has 1 aromatic heterocycles. The van der Waals surface area contributed by atoms with E-state index in [0.717, 1.165) is 10.1 Å². The third-order valence-corrected chi connectivity index (χ3v) is 5.72. The van der Waals surface area contributed by atoms with Crippen molar-refractivity contribution >= 4 is 49.0 Å². The minimum Gasteiger partial charge on any atom is -0.448 e. The lowest BCUT2D eigenvalue weighted by Crippen LogP contribution is -2.29. The largest absolute Gasteiger partial charge is 0.448 e. The van der Waals surface area contributed by atoms with Crippen LogP contribution in [0.25, 0.3) is 10.1 Å². The van der Waals surface area contributed by atoms with E-state index in [1.807, 2.05) is 24.3 Å². The minimum absolute atomic E-state index is 0.129. The van der Waals surface area contributed by atoms with Gasteiger partial charge >= 0.3 is 5.97 Å². The molecule has 0 fully saturated rings. The summed E-state index contributed by atoms with van der Waals surface area (Å²) < 4.78 is 28.9. The molecule has 3 aromatic rings. The van der Waals surface area contributed by atoms with E-state index in [0.29, 0.717) is 4.88 Å². The number of esters is 1. The Morgan fingerprint density at radius 1 is 1.11 bits per heavy atom. The Morgan fingerprint density at radius 3 is 2.56 bits per heavy atom. The Kier molecular flexibility index (Phi) is 5.26. The summed E-state index contributed by atoms with van der Waals surface area (Å²) in [5.41, 5.74) is 0.233. The van der Waals surface area contributed by atoms with Crippen LogP contribution in [0.3, 0.4) is 0 Å². The van der Waals surface area contributed by atoms with Crippen LogP contribution in [0.4, 0.5) is 5.69 Å². The second kappa shape index (κ2) is 7.47. The fraction of sp³-hybridized carbons (Fsp3) is 0.111. The molecule has 27 heavy (non-hydrogen) atoms. The monoisotopic (exact) mass is 404 g/mol. The Bertz CT molecular complexity index is 1090. The summed E-state index contributed by atoms with van der Waals surface area (Å²) in [7, 11) is -3.88. The highest BCUT2D eigenvalue weighted by Gasteiger charge is 2.21. The number of primary sulfonamides is 1. The van der Waals surface area contributed by atoms with Gasteiger partial charge in [0.15, 0.2) is 6.10 Å². The quantitative estimate of drug-likeness (QED) is 0.635. The van der Waals surface area contributed by atoms with Crippen LogP contribution in [0, 0.1) is 0 Å². The molecule has 1 heterocycles. The zero-order chi connectivity index (χ0) is 19.6. The van der Waals surface area contributed by atoms with E-state index in [1.54, 1.807) is 6.07 Å². The molecule has 1 amide bonds. The number of hydrogen-bond acceptors (Lipinski definition) is 6. The highest BCUT2D eigenvalue weighted by molar-refractivity contribution is 7.89. The number of benzene rings is 2. The molecule has 1 atom stereocenters. The van der Waals surface area contributed by atoms with Gasteiger partial charge in [-0.1, -0.05) is 24.3 Å². The number of anilines is 1. The van der Waals surface area contributed by atoms with Crippen molar-refractivity contribution in [2.45, 2.75) is 17.9 Å². The highest BCUT2D eigenvalue weighted by Crippen LogP contribution is 2.26. The van der Waals surface area contributed by atoms with Crippen LogP contribution in [0.2, 0.25) is 0 Å². The maximum absolute atomic E-state index is 12.3. The van der Waals surface area contributed by atoms with Gasteiger partial charge in [-0.2, -0.15) is 0 Å². The zero-order valence-electron chi connectivity index (χ0n) is 14.2. The first-order valence-electron chi connectivity index (χ1n) is 7.87. The zero-order valence-corrected chi connectivity index (χ0v) is 15.8. The molecule has 3 N–H and O–H groups in total. The highest BCUT2D eigenvalue weighted by atomic mass is 32.2. The van der Waals surface area contributed by atoms with E-state index in [4.69, 9.17) is 9.88 Å². The SMILES string of the molecule is C[C@H](OC(=O)c1cc2ccccc2s1)C(=O)Nc1cccc(S(N)(=O)=O)c1. The van der Waals surface area contributed by atoms with Gasteiger partial charge in [-0.25, -0.2) is 18.4 Å². The number of nitrogens with one attached hydrogen (secondary N) is 1. The number of nitrogens with two attached hydrogens (primary N) is 1. The van der Waals surface area contributed by atoms with E-state index in [-0.39, 0.29) is 10.6 Å². The average molecular weight is 404 g/mol. The van der Waals surface area contributed by atoms with Gasteiger partial charge in [-0.05, 0) is 42.6 Å². The second-order valence-corrected chi connectivity index (χ2v) is 8.40. The summed E-state index contributed by atoms with van der Waals surface area (Å²) in [6.07, 6.45) is -1.07. The maximum atomic E-state index is 12.3. The number of hydrogen-bond donors (Lipinski definition) is 2. The summed E-state index contributed by atoms with van der Waals surface area (Å²) in [6.45, 7) is 1.43. The molecule has 0 radical (unpaired) electrons. The third-order valence-electron chi connectivity index (χ3n) is 3.71. The number of sulfonamides is 1. The lowest BCUT2D eigenvalue weighted by atomic mass is 10.2. The van der Waals surface area contributed by atoms with E-state index in [2.05, 4.69) is 5.32 Å². The fourth-order valence-corrected chi connectivity index (χ4v) is 3.85. The topological polar surface area (TPSA) is 116 Å². The number of carbonyl (C=O) groups excluding carboxylic acids is 2. The van der Waals surface area contributed by atoms with Gasteiger partial charge in [-0.15, -0.1) is 11.3 Å². The van der Waals surface area contributed by atoms with Crippen molar-refractivity contribution in [2.75, 3.05) is 5.32 Å². The number of fused-ring (bicyclic) bond motifs is 1. The van der Waals surface area contributed by atoms with E-state index >= 15 is 0 Å². The molecule has 0 saturated carbocycles. The Labute approximate surface area is 159 Å². The lowest BCUT2D eigenvalue weighted by Gasteiger charge is -2.13. The van der Waals surface area contributed by atoms with Crippen molar-refractivity contribution in [1.29, 1.82) is 0 Å². The summed E-state index contributed by atoms with van der Waals surface area (Å²) in [5, 5.41) is 8.50. The predicted octanol–water partition coefficient (Wildman–Crippen LogP) is 2.73. The molecular formula is C18H16N2O5S2. The molecule has 0 saturated heterocycles. The summed E-state index contributed by atoms with van der Waals surface area (Å²) in [5.74, 6) is -1.19. The number of amides is 1. The molecule has 0 aliphatic heterocycles. The molecule has 0 unspecified atom stereocenters. The molecule has 0 aliphatic rings. The molecule has 0 bridgehead atoms. The van der Waals surface area contributed by atoms with Crippen LogP contribution < -0.4 is 10.5 Å². The third kappa shape index (κ3) is 4.51. The Morgan fingerprint density at radius 2 is 1.85 bits per heavy atom. The van der Waals surface area contributed by atoms with E-state index in [1.165, 1.54) is 42.5 Å². The number of carbonyl (C=O) groups is 2. The van der Waals surface area contributed by atoms with E-state index < -0.39 is 28.0 Å². The van der Waals surface area contributed by atoms with Crippen molar-refractivity contribution in [3.63, 3.8) is 0 Å². The lowest BCUT2D eigenvalue weighted by molar-refractivity contribution is -0.123. The molecule has 140 valence electrons. The number of ether oxygens (including phenoxy) is 1. The van der Waals surface area contributed by atoms with Gasteiger partial charge < -0.3 is 10.1 Å². The number of thiophene rings is 1. The molecule has 2 aromatic carbocycles. The van der Waals surface area contributed by atoms with E-state index in [9.17, 15) is 18.0 Å². The predicted molar refractivity (Wildman–Crippen MR) is 103 cm³/mol. The van der Waals surface area contributed by atoms with Crippen LogP contribution in [-0.4, -0.2) is 26.4 Å². The standard InChI is InChI=1S/C18H16N2O5S2/c1-11(17(21)20-13-6-4-7-14(10-13)27(19,23)24)25-18(22)16-9-12-5-2-3-8-15(12)26-16/h2-11H,1H3,(H,20,21)(H2,19,23,24)/t11-/m0/s1. The summed E-state index contributed by atoms with van der Waals surface area (Å²) in [6, 6.07) is 14.7. The van der Waals surface area contributed by atoms with Gasteiger partial charge in [0.2, 0.25) is 10.0 Å². The van der Waals surface area contributed by atoms with Crippen LogP contribution in [0.1, 0.15) is 16.6 Å². The summed E-state index contributed by atoms with van der Waals surface area (Å²) >= 11 is 1.28. The Balaban J connectivity index is 1.68. The summed E-state index contributed by atoms with van der Waals surface area (Å²) in [4.78, 5) is 24.8. The molecule has 9 heteroatoms. The first kappa shape index (κ1) is 19.0. The van der Waals surface area contributed by atoms with Gasteiger partial charge in [0, 0.05) is 10.4 Å². The molecule has 3 rings (SSSR count). The van der Waals surface area contributed by atoms with Crippen LogP contribution >= 0.6 is 11.3 Å². The average Bonchev–Trinajstić information content (AvgIpc) is 3.05. The van der Waals surface area contributed by atoms with Gasteiger partial charge in [0.05, 0.1) is 4.90 Å². The van der Waals surface area contributed by atoms with Crippen molar-refractivity contribution in [3.8, 4) is 0 Å². The first-order chi connectivity index (χ1) is 12.7. The maximum Gasteiger partial charge on any atom is 0.349 e. The smallest absolute Gasteiger partial charge is 0.349 e. The first-order valence-corrected chi connectivity index (χ1v) is 10.2. The van der Waals surface area contributed by atoms with Crippen LogP contribution in [0.15, 0.2) is 59.5 Å². The molecule has 0 aliphatic carbocycles. The second-order valence-electron chi connectivity index (χ2n) is 5.76. The van der Waals surface area contributed by atoms with Crippen molar-refractivity contribution in [2.24, 2.45) is 5.14 Å². The Hall–Kier alpha value is -2.75. The molecular weight excluding hydrogens is 388 g/mol. The van der Waals surface area contributed by atoms with Crippen LogP contribution in [-0.2, 0) is 19.6 Å². The molecule has 0 spiro atoms. The van der Waals surface area contributed by atoms with Crippen molar-refractivity contribution < 1.29 is 22.7 Å². The number of rotatable bonds is 5. The fourth-order valence-electron chi connectivity index (χ4n) is 2.35. The molecule has 7 nitrogen and oxygen atoms in total. The van der Waals surface area contributed by atoms with Gasteiger partial charge in [0.1, 0.15) is 4.88 Å². The van der Waals surface area contributed by atoms with Crippen molar-refractivity contribution in [1.82, 2.24) is 0 Å². The van der Waals surface area contributed by atoms with Gasteiger partial charge in [0.25, 0.3) is 5.91 Å². The normalized spacial score (nSPS) is 12.5. The van der Waals surface area contributed by atoms with Crippen molar-refractivity contribution in [3.05, 3.63) is 59.5 Å². The van der Waals surface area contributed by atoms with Gasteiger partial charge in [-0.3, -0.25) is 4.79 Å². The van der Waals surface area contributed by atoms with Crippen LogP contribution in [0.5, 0.6) is 0 Å².